The normalized spacial score (nSPS) is 19.7. The largest absolute Gasteiger partial charge is 0.496 e. The van der Waals surface area contributed by atoms with Crippen LogP contribution in [0.15, 0.2) is 17.0 Å². The van der Waals surface area contributed by atoms with Crippen LogP contribution in [-0.4, -0.2) is 50.2 Å². The summed E-state index contributed by atoms with van der Waals surface area (Å²) in [6, 6.07) is 2.06. The molecule has 1 N–H and O–H groups in total. The molecule has 1 fully saturated rings. The average molecular weight is 338 g/mol. The van der Waals surface area contributed by atoms with Gasteiger partial charge in [-0.2, -0.15) is 4.31 Å². The maximum atomic E-state index is 13.2. The molecule has 0 aromatic heterocycles. The predicted octanol–water partition coefficient (Wildman–Crippen LogP) is 1.78. The number of ether oxygens (including phenoxy) is 1. The van der Waals surface area contributed by atoms with Crippen LogP contribution >= 0.6 is 11.6 Å². The fourth-order valence-electron chi connectivity index (χ4n) is 2.11. The molecule has 1 atom stereocenters. The summed E-state index contributed by atoms with van der Waals surface area (Å²) in [5.74, 6) is -1.41. The zero-order valence-corrected chi connectivity index (χ0v) is 12.6. The number of sulfonamides is 1. The van der Waals surface area contributed by atoms with Gasteiger partial charge < -0.3 is 9.84 Å². The third kappa shape index (κ3) is 2.97. The van der Waals surface area contributed by atoms with E-state index in [0.29, 0.717) is 0 Å². The van der Waals surface area contributed by atoms with Crippen LogP contribution in [-0.2, 0) is 10.0 Å². The lowest BCUT2D eigenvalue weighted by molar-refractivity contribution is 0.0693. The zero-order valence-electron chi connectivity index (χ0n) is 11.0. The van der Waals surface area contributed by atoms with E-state index in [2.05, 4.69) is 0 Å². The second kappa shape index (κ2) is 5.78. The standard InChI is InChI=1S/C12H13ClFNO5S/c1-20-10-5-11(9(13)4-8(10)12(16)17)21(18,19)15-3-2-7(14)6-15/h4-5,7H,2-3,6H2,1H3,(H,16,17)/t7-/m0/s1. The summed E-state index contributed by atoms with van der Waals surface area (Å²) < 4.78 is 43.9. The highest BCUT2D eigenvalue weighted by molar-refractivity contribution is 7.89. The van der Waals surface area contributed by atoms with E-state index in [4.69, 9.17) is 21.4 Å². The molecule has 21 heavy (non-hydrogen) atoms. The molecular formula is C12H13ClFNO5S. The molecule has 0 amide bonds. The molecule has 0 radical (unpaired) electrons. The summed E-state index contributed by atoms with van der Waals surface area (Å²) in [5, 5.41) is 8.77. The van der Waals surface area contributed by atoms with E-state index in [9.17, 15) is 17.6 Å². The Kier molecular flexibility index (Phi) is 4.40. The Morgan fingerprint density at radius 1 is 1.52 bits per heavy atom. The quantitative estimate of drug-likeness (QED) is 0.905. The Hall–Kier alpha value is -1.38. The minimum absolute atomic E-state index is 0.0584. The van der Waals surface area contributed by atoms with E-state index in [1.165, 1.54) is 7.11 Å². The van der Waals surface area contributed by atoms with Gasteiger partial charge in [-0.3, -0.25) is 0 Å². The van der Waals surface area contributed by atoms with Gasteiger partial charge in [0.25, 0.3) is 0 Å². The predicted molar refractivity (Wildman–Crippen MR) is 73.2 cm³/mol. The molecule has 1 aliphatic rings. The number of methoxy groups -OCH3 is 1. The number of benzene rings is 1. The summed E-state index contributed by atoms with van der Waals surface area (Å²) >= 11 is 5.88. The zero-order chi connectivity index (χ0) is 15.8. The van der Waals surface area contributed by atoms with Crippen molar-refractivity contribution in [2.45, 2.75) is 17.5 Å². The van der Waals surface area contributed by atoms with Gasteiger partial charge in [-0.15, -0.1) is 0 Å². The van der Waals surface area contributed by atoms with Crippen molar-refractivity contribution in [1.29, 1.82) is 0 Å². The second-order valence-corrected chi connectivity index (χ2v) is 6.85. The molecule has 1 heterocycles. The fourth-order valence-corrected chi connectivity index (χ4v) is 4.11. The lowest BCUT2D eigenvalue weighted by Gasteiger charge is -2.17. The first-order chi connectivity index (χ1) is 9.77. The van der Waals surface area contributed by atoms with Crippen molar-refractivity contribution >= 4 is 27.6 Å². The summed E-state index contributed by atoms with van der Waals surface area (Å²) in [7, 11) is -2.77. The molecule has 1 saturated heterocycles. The van der Waals surface area contributed by atoms with Crippen LogP contribution in [0.25, 0.3) is 0 Å². The molecule has 9 heteroatoms. The Labute approximate surface area is 126 Å². The van der Waals surface area contributed by atoms with Crippen molar-refractivity contribution in [3.05, 3.63) is 22.7 Å². The van der Waals surface area contributed by atoms with E-state index < -0.39 is 22.2 Å². The van der Waals surface area contributed by atoms with Gasteiger partial charge in [-0.05, 0) is 12.5 Å². The molecule has 0 aliphatic carbocycles. The Morgan fingerprint density at radius 2 is 2.19 bits per heavy atom. The van der Waals surface area contributed by atoms with E-state index in [1.54, 1.807) is 0 Å². The number of nitrogens with zero attached hydrogens (tertiary/aromatic N) is 1. The number of hydrogen-bond donors (Lipinski definition) is 1. The summed E-state index contributed by atoms with van der Waals surface area (Å²) in [5.41, 5.74) is -0.244. The number of rotatable bonds is 4. The van der Waals surface area contributed by atoms with Crippen LogP contribution < -0.4 is 4.74 Å². The van der Waals surface area contributed by atoms with E-state index in [-0.39, 0.29) is 40.7 Å². The van der Waals surface area contributed by atoms with Crippen molar-refractivity contribution in [3.8, 4) is 5.75 Å². The molecule has 0 bridgehead atoms. The van der Waals surface area contributed by atoms with Crippen LogP contribution in [0.3, 0.4) is 0 Å². The van der Waals surface area contributed by atoms with Crippen molar-refractivity contribution in [2.24, 2.45) is 0 Å². The molecule has 1 aromatic rings. The number of carbonyl (C=O) groups is 1. The van der Waals surface area contributed by atoms with Crippen molar-refractivity contribution in [2.75, 3.05) is 20.2 Å². The maximum Gasteiger partial charge on any atom is 0.339 e. The molecule has 1 aromatic carbocycles. The number of carboxylic acid groups (broad SMARTS) is 1. The van der Waals surface area contributed by atoms with Crippen LogP contribution in [0.5, 0.6) is 5.75 Å². The van der Waals surface area contributed by atoms with Crippen molar-refractivity contribution < 1.29 is 27.4 Å². The topological polar surface area (TPSA) is 83.9 Å². The Bertz CT molecular complexity index is 678. The first-order valence-electron chi connectivity index (χ1n) is 6.02. The molecule has 1 aliphatic heterocycles. The lowest BCUT2D eigenvalue weighted by atomic mass is 10.2. The van der Waals surface area contributed by atoms with Gasteiger partial charge in [0.1, 0.15) is 22.4 Å². The highest BCUT2D eigenvalue weighted by Gasteiger charge is 2.34. The Morgan fingerprint density at radius 3 is 2.67 bits per heavy atom. The third-order valence-corrected chi connectivity index (χ3v) is 5.53. The van der Waals surface area contributed by atoms with E-state index in [0.717, 1.165) is 16.4 Å². The molecule has 116 valence electrons. The average Bonchev–Trinajstić information content (AvgIpc) is 2.85. The van der Waals surface area contributed by atoms with Gasteiger partial charge in [-0.1, -0.05) is 11.6 Å². The molecule has 6 nitrogen and oxygen atoms in total. The Balaban J connectivity index is 2.51. The monoisotopic (exact) mass is 337 g/mol. The molecule has 0 unspecified atom stereocenters. The van der Waals surface area contributed by atoms with E-state index in [1.807, 2.05) is 0 Å². The minimum atomic E-state index is -3.99. The van der Waals surface area contributed by atoms with Crippen LogP contribution in [0.1, 0.15) is 16.8 Å². The minimum Gasteiger partial charge on any atom is -0.496 e. The third-order valence-electron chi connectivity index (χ3n) is 3.20. The van der Waals surface area contributed by atoms with Crippen LogP contribution in [0, 0.1) is 0 Å². The highest BCUT2D eigenvalue weighted by Crippen LogP contribution is 2.33. The smallest absolute Gasteiger partial charge is 0.339 e. The van der Waals surface area contributed by atoms with Gasteiger partial charge in [0.2, 0.25) is 10.0 Å². The molecular weight excluding hydrogens is 325 g/mol. The van der Waals surface area contributed by atoms with Crippen LogP contribution in [0.2, 0.25) is 5.02 Å². The highest BCUT2D eigenvalue weighted by atomic mass is 35.5. The van der Waals surface area contributed by atoms with Crippen molar-refractivity contribution in [3.63, 3.8) is 0 Å². The van der Waals surface area contributed by atoms with Gasteiger partial charge in [0, 0.05) is 19.2 Å². The molecule has 0 spiro atoms. The number of halogens is 2. The SMILES string of the molecule is COc1cc(S(=O)(=O)N2CC[C@H](F)C2)c(Cl)cc1C(=O)O. The van der Waals surface area contributed by atoms with E-state index >= 15 is 0 Å². The first kappa shape index (κ1) is 16.0. The van der Waals surface area contributed by atoms with Gasteiger partial charge in [0.15, 0.2) is 0 Å². The van der Waals surface area contributed by atoms with Crippen molar-refractivity contribution in [1.82, 2.24) is 4.31 Å². The molecule has 2 rings (SSSR count). The fraction of sp³-hybridized carbons (Fsp3) is 0.417. The summed E-state index contributed by atoms with van der Waals surface area (Å²) in [4.78, 5) is 10.8. The first-order valence-corrected chi connectivity index (χ1v) is 7.84. The maximum absolute atomic E-state index is 13.2. The number of alkyl halides is 1. The summed E-state index contributed by atoms with van der Waals surface area (Å²) in [6.07, 6.45) is -1.08. The lowest BCUT2D eigenvalue weighted by Crippen LogP contribution is -2.29. The number of aromatic carboxylic acids is 1. The summed E-state index contributed by atoms with van der Waals surface area (Å²) in [6.45, 7) is -0.176. The number of carboxylic acids is 1. The van der Waals surface area contributed by atoms with Crippen LogP contribution in [0.4, 0.5) is 4.39 Å². The molecule has 0 saturated carbocycles. The van der Waals surface area contributed by atoms with Gasteiger partial charge >= 0.3 is 5.97 Å². The van der Waals surface area contributed by atoms with Gasteiger partial charge in [-0.25, -0.2) is 17.6 Å². The number of hydrogen-bond acceptors (Lipinski definition) is 4. The van der Waals surface area contributed by atoms with Gasteiger partial charge in [0.05, 0.1) is 12.1 Å². The second-order valence-electron chi connectivity index (χ2n) is 4.54.